The predicted octanol–water partition coefficient (Wildman–Crippen LogP) is 3.42. The number of anilines is 2. The molecule has 2 aliphatic rings. The van der Waals surface area contributed by atoms with Crippen LogP contribution in [0.3, 0.4) is 0 Å². The Bertz CT molecular complexity index is 1150. The van der Waals surface area contributed by atoms with Gasteiger partial charge in [-0.2, -0.15) is 0 Å². The van der Waals surface area contributed by atoms with Gasteiger partial charge in [0.1, 0.15) is 17.4 Å². The number of fused-ring (bicyclic) bond motifs is 2. The molecule has 5 rings (SSSR count). The summed E-state index contributed by atoms with van der Waals surface area (Å²) in [5.41, 5.74) is 7.82. The molecule has 3 N–H and O–H groups in total. The van der Waals surface area contributed by atoms with Gasteiger partial charge >= 0.3 is 0 Å². The topological polar surface area (TPSA) is 80.5 Å². The van der Waals surface area contributed by atoms with Crippen molar-refractivity contribution in [3.63, 3.8) is 0 Å². The number of carbonyl (C=O) groups is 1. The highest BCUT2D eigenvalue weighted by atomic mass is 19.1. The normalized spacial score (nSPS) is 18.7. The molecule has 6 nitrogen and oxygen atoms in total. The van der Waals surface area contributed by atoms with E-state index in [1.165, 1.54) is 12.1 Å². The fraction of sp³-hybridized carbons (Fsp3) is 0.280. The van der Waals surface area contributed by atoms with Crippen LogP contribution in [0, 0.1) is 5.82 Å². The summed E-state index contributed by atoms with van der Waals surface area (Å²) in [6.07, 6.45) is 2.46. The largest absolute Gasteiger partial charge is 0.479 e. The van der Waals surface area contributed by atoms with Gasteiger partial charge in [-0.1, -0.05) is 30.3 Å². The molecule has 32 heavy (non-hydrogen) atoms. The van der Waals surface area contributed by atoms with Crippen LogP contribution in [-0.2, 0) is 16.8 Å². The van der Waals surface area contributed by atoms with Crippen LogP contribution < -0.4 is 20.7 Å². The Morgan fingerprint density at radius 1 is 1.16 bits per heavy atom. The van der Waals surface area contributed by atoms with E-state index in [0.717, 1.165) is 37.2 Å². The first-order valence-electron chi connectivity index (χ1n) is 10.8. The predicted molar refractivity (Wildman–Crippen MR) is 121 cm³/mol. The Balaban J connectivity index is 1.56. The van der Waals surface area contributed by atoms with E-state index in [1.54, 1.807) is 35.4 Å². The summed E-state index contributed by atoms with van der Waals surface area (Å²) in [5.74, 6) is 0.613. The average Bonchev–Trinajstić information content (AvgIpc) is 3.11. The summed E-state index contributed by atoms with van der Waals surface area (Å²) in [6, 6.07) is 17.5. The first-order valence-corrected chi connectivity index (χ1v) is 10.8. The van der Waals surface area contributed by atoms with Crippen molar-refractivity contribution in [2.45, 2.75) is 30.9 Å². The number of hydrogen-bond acceptors (Lipinski definition) is 5. The Labute approximate surface area is 186 Å². The minimum atomic E-state index is -0.696. The number of amides is 1. The van der Waals surface area contributed by atoms with Crippen LogP contribution in [0.5, 0.6) is 5.75 Å². The van der Waals surface area contributed by atoms with E-state index in [0.29, 0.717) is 17.1 Å². The fourth-order valence-electron chi connectivity index (χ4n) is 4.87. The van der Waals surface area contributed by atoms with Crippen LogP contribution in [-0.4, -0.2) is 30.1 Å². The number of nitrogens with zero attached hydrogens (tertiary/aromatic N) is 2. The lowest BCUT2D eigenvalue weighted by Gasteiger charge is -2.39. The second-order valence-electron chi connectivity index (χ2n) is 8.40. The molecular formula is C25H25FN4O2. The molecule has 1 fully saturated rings. The summed E-state index contributed by atoms with van der Waals surface area (Å²) >= 11 is 0. The van der Waals surface area contributed by atoms with Gasteiger partial charge in [0.25, 0.3) is 5.91 Å². The van der Waals surface area contributed by atoms with Gasteiger partial charge in [-0.05, 0) is 55.8 Å². The molecule has 1 spiro atoms. The number of carbonyl (C=O) groups excluding carboxylic acids is 1. The molecule has 2 aromatic carbocycles. The third-order valence-electron chi connectivity index (χ3n) is 6.43. The number of nitrogen functional groups attached to an aromatic ring is 1. The molecule has 0 unspecified atom stereocenters. The fourth-order valence-corrected chi connectivity index (χ4v) is 4.87. The van der Waals surface area contributed by atoms with Crippen molar-refractivity contribution in [3.05, 3.63) is 83.8 Å². The lowest BCUT2D eigenvalue weighted by Crippen LogP contribution is -2.54. The van der Waals surface area contributed by atoms with E-state index in [1.807, 2.05) is 18.2 Å². The molecule has 0 saturated carbocycles. The SMILES string of the molecule is Nc1ccnc(N(Cc2cccc(F)c2)C(=O)[C@@H]2Oc3ccccc3C23CCNCC3)c1. The Morgan fingerprint density at radius 3 is 2.75 bits per heavy atom. The summed E-state index contributed by atoms with van der Waals surface area (Å²) in [6.45, 7) is 1.78. The van der Waals surface area contributed by atoms with Crippen molar-refractivity contribution >= 4 is 17.4 Å². The van der Waals surface area contributed by atoms with Gasteiger partial charge in [-0.25, -0.2) is 9.37 Å². The Kier molecular flexibility index (Phi) is 5.27. The molecule has 7 heteroatoms. The number of pyridine rings is 1. The Hall–Kier alpha value is -3.45. The summed E-state index contributed by atoms with van der Waals surface area (Å²) in [7, 11) is 0. The van der Waals surface area contributed by atoms with Crippen molar-refractivity contribution in [1.82, 2.24) is 10.3 Å². The zero-order valence-corrected chi connectivity index (χ0v) is 17.6. The van der Waals surface area contributed by atoms with Crippen LogP contribution in [0.4, 0.5) is 15.9 Å². The standard InChI is InChI=1S/C25H25FN4O2/c26-18-5-3-4-17(14-18)16-30(22-15-19(27)8-11-29-22)24(31)23-25(9-12-28-13-10-25)20-6-1-2-7-21(20)32-23/h1-8,11,14-15,23,28H,9-10,12-13,16H2,(H2,27,29)/t23-/m0/s1. The molecule has 3 aromatic rings. The van der Waals surface area contributed by atoms with Crippen molar-refractivity contribution in [3.8, 4) is 5.75 Å². The highest BCUT2D eigenvalue weighted by Crippen LogP contribution is 2.49. The van der Waals surface area contributed by atoms with E-state index in [2.05, 4.69) is 16.4 Å². The maximum atomic E-state index is 14.1. The number of ether oxygens (including phenoxy) is 1. The van der Waals surface area contributed by atoms with Crippen LogP contribution in [0.25, 0.3) is 0 Å². The molecule has 1 saturated heterocycles. The second-order valence-corrected chi connectivity index (χ2v) is 8.40. The van der Waals surface area contributed by atoms with E-state index >= 15 is 0 Å². The van der Waals surface area contributed by atoms with Gasteiger partial charge in [0.2, 0.25) is 0 Å². The van der Waals surface area contributed by atoms with Crippen LogP contribution in [0.15, 0.2) is 66.9 Å². The summed E-state index contributed by atoms with van der Waals surface area (Å²) < 4.78 is 20.2. The number of piperidine rings is 1. The summed E-state index contributed by atoms with van der Waals surface area (Å²) in [4.78, 5) is 20.1. The number of para-hydroxylation sites is 1. The first kappa shape index (κ1) is 20.5. The average molecular weight is 432 g/mol. The lowest BCUT2D eigenvalue weighted by molar-refractivity contribution is -0.128. The van der Waals surface area contributed by atoms with Crippen molar-refractivity contribution in [1.29, 1.82) is 0 Å². The minimum Gasteiger partial charge on any atom is -0.479 e. The molecule has 164 valence electrons. The van der Waals surface area contributed by atoms with Crippen molar-refractivity contribution < 1.29 is 13.9 Å². The molecule has 1 amide bonds. The highest BCUT2D eigenvalue weighted by molar-refractivity contribution is 5.98. The first-order chi connectivity index (χ1) is 15.6. The smallest absolute Gasteiger partial charge is 0.270 e. The van der Waals surface area contributed by atoms with E-state index in [-0.39, 0.29) is 18.3 Å². The lowest BCUT2D eigenvalue weighted by atomic mass is 9.70. The zero-order chi connectivity index (χ0) is 22.1. The van der Waals surface area contributed by atoms with E-state index in [9.17, 15) is 9.18 Å². The molecular weight excluding hydrogens is 407 g/mol. The second kappa shape index (κ2) is 8.24. The van der Waals surface area contributed by atoms with Gasteiger partial charge in [-0.3, -0.25) is 9.69 Å². The molecule has 1 aromatic heterocycles. The van der Waals surface area contributed by atoms with Crippen molar-refractivity contribution in [2.24, 2.45) is 0 Å². The molecule has 0 aliphatic carbocycles. The third-order valence-corrected chi connectivity index (χ3v) is 6.43. The number of nitrogens with two attached hydrogens (primary N) is 1. The molecule has 0 bridgehead atoms. The number of hydrogen-bond donors (Lipinski definition) is 2. The number of nitrogens with one attached hydrogen (secondary N) is 1. The minimum absolute atomic E-state index is 0.164. The zero-order valence-electron chi connectivity index (χ0n) is 17.6. The maximum absolute atomic E-state index is 14.1. The molecule has 3 heterocycles. The molecule has 2 aliphatic heterocycles. The maximum Gasteiger partial charge on any atom is 0.270 e. The van der Waals surface area contributed by atoms with Gasteiger partial charge in [0.15, 0.2) is 6.10 Å². The van der Waals surface area contributed by atoms with Crippen LogP contribution in [0.2, 0.25) is 0 Å². The van der Waals surface area contributed by atoms with Crippen molar-refractivity contribution in [2.75, 3.05) is 23.7 Å². The summed E-state index contributed by atoms with van der Waals surface area (Å²) in [5, 5.41) is 3.39. The quantitative estimate of drug-likeness (QED) is 0.660. The van der Waals surface area contributed by atoms with Crippen LogP contribution >= 0.6 is 0 Å². The highest BCUT2D eigenvalue weighted by Gasteiger charge is 2.53. The van der Waals surface area contributed by atoms with E-state index in [4.69, 9.17) is 10.5 Å². The monoisotopic (exact) mass is 432 g/mol. The number of halogens is 1. The van der Waals surface area contributed by atoms with Gasteiger partial charge < -0.3 is 15.8 Å². The van der Waals surface area contributed by atoms with Gasteiger partial charge in [0.05, 0.1) is 6.54 Å². The van der Waals surface area contributed by atoms with E-state index < -0.39 is 11.5 Å². The van der Waals surface area contributed by atoms with Crippen LogP contribution in [0.1, 0.15) is 24.0 Å². The van der Waals surface area contributed by atoms with Gasteiger partial charge in [-0.15, -0.1) is 0 Å². The number of aromatic nitrogens is 1. The number of rotatable bonds is 4. The third kappa shape index (κ3) is 3.58. The Morgan fingerprint density at radius 2 is 1.97 bits per heavy atom. The molecule has 1 atom stereocenters. The number of benzene rings is 2. The molecule has 0 radical (unpaired) electrons. The van der Waals surface area contributed by atoms with Gasteiger partial charge in [0, 0.05) is 28.9 Å².